The zero-order valence-corrected chi connectivity index (χ0v) is 12.4. The van der Waals surface area contributed by atoms with Crippen molar-refractivity contribution >= 4 is 23.3 Å². The van der Waals surface area contributed by atoms with Crippen LogP contribution in [0.3, 0.4) is 0 Å². The quantitative estimate of drug-likeness (QED) is 0.552. The molecule has 2 rings (SSSR count). The van der Waals surface area contributed by atoms with Crippen LogP contribution in [-0.2, 0) is 6.42 Å². The summed E-state index contributed by atoms with van der Waals surface area (Å²) >= 11 is 5.80. The van der Waals surface area contributed by atoms with Gasteiger partial charge in [-0.05, 0) is 42.3 Å². The van der Waals surface area contributed by atoms with E-state index >= 15 is 0 Å². The van der Waals surface area contributed by atoms with Gasteiger partial charge in [0.15, 0.2) is 0 Å². The number of aromatic carboxylic acids is 1. The van der Waals surface area contributed by atoms with Crippen LogP contribution in [0, 0.1) is 0 Å². The van der Waals surface area contributed by atoms with E-state index in [1.54, 1.807) is 6.07 Å². The number of carboxylic acid groups (broad SMARTS) is 1. The molecule has 0 saturated heterocycles. The first-order valence-corrected chi connectivity index (χ1v) is 6.47. The van der Waals surface area contributed by atoms with Crippen molar-refractivity contribution in [3.63, 3.8) is 0 Å². The number of anilines is 1. The first-order chi connectivity index (χ1) is 9.56. The van der Waals surface area contributed by atoms with Crippen LogP contribution >= 0.6 is 11.6 Å². The molecule has 6 heteroatoms. The number of hydrogen-bond acceptors (Lipinski definition) is 4. The molecule has 0 amide bonds. The molecule has 2 N–H and O–H groups in total. The number of rotatable bonds is 5. The third kappa shape index (κ3) is 5.02. The third-order valence-corrected chi connectivity index (χ3v) is 3.12. The van der Waals surface area contributed by atoms with Crippen molar-refractivity contribution in [2.45, 2.75) is 6.42 Å². The van der Waals surface area contributed by atoms with E-state index in [0.29, 0.717) is 17.3 Å². The van der Waals surface area contributed by atoms with E-state index in [1.165, 1.54) is 12.1 Å². The number of benzene rings is 2. The van der Waals surface area contributed by atoms with Crippen LogP contribution < -0.4 is 29.3 Å². The minimum Gasteiger partial charge on any atom is -0.545 e. The van der Waals surface area contributed by atoms with E-state index in [1.807, 2.05) is 24.3 Å². The van der Waals surface area contributed by atoms with Crippen molar-refractivity contribution in [2.75, 3.05) is 11.9 Å². The summed E-state index contributed by atoms with van der Waals surface area (Å²) in [6.45, 7) is 0.638. The van der Waals surface area contributed by atoms with Gasteiger partial charge in [-0.3, -0.25) is 0 Å². The molecule has 0 aliphatic carbocycles. The standard InChI is InChI=1S/C15H14ClNO3.Li/c16-11-3-1-10(2-4-11)7-8-17-12-5-6-14(18)13(9-12)15(19)20;/h1-6,9,17-18H,7-8H2,(H,19,20);/q;+1/p-1. The van der Waals surface area contributed by atoms with E-state index in [2.05, 4.69) is 5.32 Å². The second-order valence-electron chi connectivity index (χ2n) is 4.32. The van der Waals surface area contributed by atoms with Gasteiger partial charge in [0.25, 0.3) is 0 Å². The number of halogens is 1. The summed E-state index contributed by atoms with van der Waals surface area (Å²) in [5.41, 5.74) is 1.53. The fourth-order valence-corrected chi connectivity index (χ4v) is 1.94. The fraction of sp³-hybridized carbons (Fsp3) is 0.133. The number of aromatic hydroxyl groups is 1. The van der Waals surface area contributed by atoms with Gasteiger partial charge in [-0.2, -0.15) is 0 Å². The van der Waals surface area contributed by atoms with E-state index in [-0.39, 0.29) is 30.2 Å². The number of hydrogen-bond donors (Lipinski definition) is 2. The molecular formula is C15H13ClLiNO3. The molecule has 0 aliphatic rings. The van der Waals surface area contributed by atoms with Gasteiger partial charge in [-0.15, -0.1) is 0 Å². The summed E-state index contributed by atoms with van der Waals surface area (Å²) in [6, 6.07) is 11.8. The van der Waals surface area contributed by atoms with Gasteiger partial charge < -0.3 is 20.3 Å². The van der Waals surface area contributed by atoms with Gasteiger partial charge >= 0.3 is 18.9 Å². The van der Waals surface area contributed by atoms with Crippen LogP contribution in [0.2, 0.25) is 5.02 Å². The number of carboxylic acids is 1. The first-order valence-electron chi connectivity index (χ1n) is 6.09. The summed E-state index contributed by atoms with van der Waals surface area (Å²) in [5.74, 6) is -1.70. The van der Waals surface area contributed by atoms with Crippen LogP contribution in [0.4, 0.5) is 5.69 Å². The Morgan fingerprint density at radius 2 is 1.86 bits per heavy atom. The van der Waals surface area contributed by atoms with Gasteiger partial charge in [0.05, 0.1) is 5.97 Å². The van der Waals surface area contributed by atoms with Crippen LogP contribution in [0.5, 0.6) is 5.75 Å². The Morgan fingerprint density at radius 3 is 2.48 bits per heavy atom. The van der Waals surface area contributed by atoms with Crippen LogP contribution in [0.1, 0.15) is 15.9 Å². The molecule has 21 heavy (non-hydrogen) atoms. The van der Waals surface area contributed by atoms with Gasteiger partial charge in [-0.25, -0.2) is 0 Å². The number of carbonyl (C=O) groups is 1. The maximum absolute atomic E-state index is 10.8. The van der Waals surface area contributed by atoms with E-state index < -0.39 is 5.97 Å². The number of nitrogens with one attached hydrogen (secondary N) is 1. The topological polar surface area (TPSA) is 72.4 Å². The molecule has 2 aromatic carbocycles. The predicted molar refractivity (Wildman–Crippen MR) is 76.1 cm³/mol. The van der Waals surface area contributed by atoms with Crippen molar-refractivity contribution in [2.24, 2.45) is 0 Å². The molecule has 0 aliphatic heterocycles. The Bertz CT molecular complexity index is 617. The largest absolute Gasteiger partial charge is 1.00 e. The molecule has 0 bridgehead atoms. The summed E-state index contributed by atoms with van der Waals surface area (Å²) in [5, 5.41) is 24.0. The Balaban J connectivity index is 0.00000220. The smallest absolute Gasteiger partial charge is 0.545 e. The van der Waals surface area contributed by atoms with Crippen LogP contribution in [0.25, 0.3) is 0 Å². The van der Waals surface area contributed by atoms with Crippen molar-refractivity contribution in [1.82, 2.24) is 0 Å². The zero-order valence-electron chi connectivity index (χ0n) is 11.6. The summed E-state index contributed by atoms with van der Waals surface area (Å²) in [6.07, 6.45) is 0.776. The van der Waals surface area contributed by atoms with E-state index in [4.69, 9.17) is 11.6 Å². The summed E-state index contributed by atoms with van der Waals surface area (Å²) in [4.78, 5) is 10.8. The SMILES string of the molecule is O=C([O-])c1cc(NCCc2ccc(Cl)cc2)ccc1O.[Li+]. The number of phenols is 1. The Kier molecular flexibility index (Phi) is 6.64. The van der Waals surface area contributed by atoms with E-state index in [0.717, 1.165) is 12.0 Å². The second-order valence-corrected chi connectivity index (χ2v) is 4.76. The number of carbonyl (C=O) groups excluding carboxylic acids is 1. The van der Waals surface area contributed by atoms with Crippen molar-refractivity contribution in [1.29, 1.82) is 0 Å². The average molecular weight is 298 g/mol. The Morgan fingerprint density at radius 1 is 1.19 bits per heavy atom. The van der Waals surface area contributed by atoms with Crippen molar-refractivity contribution in [3.05, 3.63) is 58.6 Å². The molecule has 0 radical (unpaired) electrons. The molecule has 0 heterocycles. The van der Waals surface area contributed by atoms with E-state index in [9.17, 15) is 15.0 Å². The monoisotopic (exact) mass is 297 g/mol. The van der Waals surface area contributed by atoms with Crippen molar-refractivity contribution in [3.8, 4) is 5.75 Å². The molecule has 0 spiro atoms. The minimum absolute atomic E-state index is 0. The molecule has 4 nitrogen and oxygen atoms in total. The first kappa shape index (κ1) is 17.4. The van der Waals surface area contributed by atoms with Gasteiger partial charge in [-0.1, -0.05) is 23.7 Å². The molecule has 104 valence electrons. The van der Waals surface area contributed by atoms with Crippen molar-refractivity contribution < 1.29 is 33.9 Å². The summed E-state index contributed by atoms with van der Waals surface area (Å²) < 4.78 is 0. The predicted octanol–water partition coefficient (Wildman–Crippen LogP) is -0.932. The third-order valence-electron chi connectivity index (χ3n) is 2.87. The van der Waals surface area contributed by atoms with Crippen LogP contribution in [-0.4, -0.2) is 17.6 Å². The normalized spacial score (nSPS) is 9.76. The summed E-state index contributed by atoms with van der Waals surface area (Å²) in [7, 11) is 0. The molecular weight excluding hydrogens is 285 g/mol. The van der Waals surface area contributed by atoms with Crippen LogP contribution in [0.15, 0.2) is 42.5 Å². The Hall–Kier alpha value is -1.60. The van der Waals surface area contributed by atoms with Gasteiger partial charge in [0.2, 0.25) is 0 Å². The zero-order chi connectivity index (χ0) is 14.5. The fourth-order valence-electron chi connectivity index (χ4n) is 1.81. The molecule has 0 atom stereocenters. The molecule has 0 saturated carbocycles. The molecule has 0 unspecified atom stereocenters. The average Bonchev–Trinajstić information content (AvgIpc) is 2.42. The van der Waals surface area contributed by atoms with Gasteiger partial charge in [0.1, 0.15) is 5.75 Å². The maximum atomic E-state index is 10.8. The maximum Gasteiger partial charge on any atom is 1.00 e. The molecule has 2 aromatic rings. The second kappa shape index (κ2) is 7.99. The molecule has 0 fully saturated rings. The molecule has 0 aromatic heterocycles. The van der Waals surface area contributed by atoms with Gasteiger partial charge in [0, 0.05) is 22.8 Å². The Labute approximate surface area is 139 Å². The minimum atomic E-state index is -1.40.